The van der Waals surface area contributed by atoms with Crippen molar-refractivity contribution in [3.05, 3.63) is 23.3 Å². The summed E-state index contributed by atoms with van der Waals surface area (Å²) in [5.74, 6) is 0.579. The molecule has 0 aromatic carbocycles. The van der Waals surface area contributed by atoms with Crippen molar-refractivity contribution in [3.63, 3.8) is 0 Å². The molecule has 2 aliphatic heterocycles. The first kappa shape index (κ1) is 35.2. The molecular formula is C41H64O6. The monoisotopic (exact) mass is 652 g/mol. The normalized spacial score (nSPS) is 45.1. The molecule has 47 heavy (non-hydrogen) atoms. The summed E-state index contributed by atoms with van der Waals surface area (Å²) >= 11 is 0. The molecule has 0 radical (unpaired) electrons. The molecule has 6 aliphatic rings. The number of ether oxygens (including phenoxy) is 4. The van der Waals surface area contributed by atoms with Crippen LogP contribution in [0.3, 0.4) is 0 Å². The Kier molecular flexibility index (Phi) is 8.56. The molecule has 0 bridgehead atoms. The van der Waals surface area contributed by atoms with Crippen molar-refractivity contribution in [1.82, 2.24) is 0 Å². The fourth-order valence-corrected chi connectivity index (χ4v) is 12.6. The van der Waals surface area contributed by atoms with Gasteiger partial charge in [0.25, 0.3) is 0 Å². The lowest BCUT2D eigenvalue weighted by molar-refractivity contribution is -0.199. The predicted molar refractivity (Wildman–Crippen MR) is 185 cm³/mol. The van der Waals surface area contributed by atoms with Gasteiger partial charge >= 0.3 is 11.9 Å². The second-order valence-corrected chi connectivity index (χ2v) is 19.1. The third-order valence-corrected chi connectivity index (χ3v) is 15.2. The Hall–Kier alpha value is -1.66. The van der Waals surface area contributed by atoms with E-state index >= 15 is 0 Å². The van der Waals surface area contributed by atoms with E-state index in [1.807, 2.05) is 0 Å². The second kappa shape index (κ2) is 11.4. The Morgan fingerprint density at radius 2 is 1.17 bits per heavy atom. The summed E-state index contributed by atoms with van der Waals surface area (Å²) in [4.78, 5) is 26.3. The van der Waals surface area contributed by atoms with E-state index in [4.69, 9.17) is 18.9 Å². The van der Waals surface area contributed by atoms with Gasteiger partial charge in [0.15, 0.2) is 0 Å². The zero-order valence-electron chi connectivity index (χ0n) is 31.4. The summed E-state index contributed by atoms with van der Waals surface area (Å²) in [6.07, 6.45) is 17.8. The first-order valence-electron chi connectivity index (χ1n) is 18.8. The molecule has 6 rings (SSSR count). The van der Waals surface area contributed by atoms with Crippen LogP contribution in [0.2, 0.25) is 0 Å². The smallest absolute Gasteiger partial charge is 0.309 e. The van der Waals surface area contributed by atoms with Gasteiger partial charge in [-0.25, -0.2) is 0 Å². The van der Waals surface area contributed by atoms with E-state index in [2.05, 4.69) is 74.5 Å². The molecule has 8 atom stereocenters. The van der Waals surface area contributed by atoms with Crippen LogP contribution in [0.1, 0.15) is 152 Å². The number of fused-ring (bicyclic) bond motifs is 4. The van der Waals surface area contributed by atoms with Crippen LogP contribution < -0.4 is 0 Å². The molecule has 2 spiro atoms. The summed E-state index contributed by atoms with van der Waals surface area (Å²) in [7, 11) is 1.44. The van der Waals surface area contributed by atoms with E-state index in [1.54, 1.807) is 0 Å². The van der Waals surface area contributed by atoms with Gasteiger partial charge in [-0.05, 0) is 119 Å². The number of carbonyl (C=O) groups is 2. The van der Waals surface area contributed by atoms with E-state index in [-0.39, 0.29) is 58.6 Å². The highest BCUT2D eigenvalue weighted by Crippen LogP contribution is 2.68. The van der Waals surface area contributed by atoms with Gasteiger partial charge in [-0.1, -0.05) is 66.5 Å². The number of hydrogen-bond donors (Lipinski definition) is 0. The topological polar surface area (TPSA) is 71.1 Å². The van der Waals surface area contributed by atoms with Crippen molar-refractivity contribution in [3.8, 4) is 0 Å². The SMILES string of the molecule is COC(=O)CC1(C)CCC2(O1)C(COC(=O)CC1(C)CCC3(O1)C(C)=CCC1C(C)(C)CCCC13C)=CCC1C(C)(C)CCCC12C. The van der Waals surface area contributed by atoms with Gasteiger partial charge in [0.1, 0.15) is 6.61 Å². The molecule has 0 amide bonds. The molecule has 6 heteroatoms. The number of rotatable bonds is 6. The Labute approximate surface area is 285 Å². The van der Waals surface area contributed by atoms with E-state index in [1.165, 1.54) is 38.4 Å². The maximum absolute atomic E-state index is 13.8. The molecule has 0 aromatic rings. The quantitative estimate of drug-likeness (QED) is 0.210. The zero-order valence-corrected chi connectivity index (χ0v) is 31.4. The molecule has 0 N–H and O–H groups in total. The molecule has 2 heterocycles. The van der Waals surface area contributed by atoms with Crippen molar-refractivity contribution in [2.45, 2.75) is 175 Å². The highest BCUT2D eigenvalue weighted by atomic mass is 16.6. The van der Waals surface area contributed by atoms with Crippen molar-refractivity contribution in [2.24, 2.45) is 33.5 Å². The predicted octanol–water partition coefficient (Wildman–Crippen LogP) is 9.44. The Bertz CT molecular complexity index is 1340. The molecule has 2 saturated carbocycles. The van der Waals surface area contributed by atoms with Crippen molar-refractivity contribution >= 4 is 11.9 Å². The Morgan fingerprint density at radius 1 is 0.681 bits per heavy atom. The Morgan fingerprint density at radius 3 is 1.74 bits per heavy atom. The summed E-state index contributed by atoms with van der Waals surface area (Å²) in [6.45, 7) is 21.2. The number of carbonyl (C=O) groups excluding carboxylic acids is 2. The fourth-order valence-electron chi connectivity index (χ4n) is 12.6. The summed E-state index contributed by atoms with van der Waals surface area (Å²) < 4.78 is 25.7. The average Bonchev–Trinajstić information content (AvgIpc) is 3.51. The minimum Gasteiger partial charge on any atom is -0.469 e. The van der Waals surface area contributed by atoms with Gasteiger partial charge in [-0.3, -0.25) is 9.59 Å². The van der Waals surface area contributed by atoms with E-state index in [0.717, 1.165) is 56.9 Å². The molecular weight excluding hydrogens is 588 g/mol. The molecule has 4 aliphatic carbocycles. The highest BCUT2D eigenvalue weighted by Gasteiger charge is 2.67. The van der Waals surface area contributed by atoms with E-state index in [9.17, 15) is 9.59 Å². The van der Waals surface area contributed by atoms with Gasteiger partial charge in [0.05, 0.1) is 42.4 Å². The second-order valence-electron chi connectivity index (χ2n) is 19.1. The third kappa shape index (κ3) is 5.40. The molecule has 2 saturated heterocycles. The molecule has 264 valence electrons. The van der Waals surface area contributed by atoms with Gasteiger partial charge in [0, 0.05) is 10.8 Å². The Balaban J connectivity index is 1.21. The minimum atomic E-state index is -0.616. The third-order valence-electron chi connectivity index (χ3n) is 15.2. The molecule has 6 nitrogen and oxygen atoms in total. The van der Waals surface area contributed by atoms with Crippen LogP contribution in [-0.2, 0) is 28.5 Å². The van der Waals surface area contributed by atoms with Crippen molar-refractivity contribution < 1.29 is 28.5 Å². The lowest BCUT2D eigenvalue weighted by atomic mass is 9.46. The lowest BCUT2D eigenvalue weighted by Crippen LogP contribution is -2.60. The number of esters is 2. The summed E-state index contributed by atoms with van der Waals surface area (Å²) in [5.41, 5.74) is 0.765. The number of allylic oxidation sites excluding steroid dienone is 2. The van der Waals surface area contributed by atoms with Crippen LogP contribution in [0.4, 0.5) is 0 Å². The van der Waals surface area contributed by atoms with Crippen LogP contribution in [-0.4, -0.2) is 48.1 Å². The van der Waals surface area contributed by atoms with Crippen LogP contribution in [0.15, 0.2) is 23.3 Å². The van der Waals surface area contributed by atoms with E-state index < -0.39 is 16.8 Å². The number of methoxy groups -OCH3 is 1. The van der Waals surface area contributed by atoms with Crippen LogP contribution in [0.5, 0.6) is 0 Å². The maximum Gasteiger partial charge on any atom is 0.309 e. The minimum absolute atomic E-state index is 0.0605. The molecule has 8 unspecified atom stereocenters. The molecule has 0 aromatic heterocycles. The average molecular weight is 653 g/mol. The van der Waals surface area contributed by atoms with Crippen LogP contribution >= 0.6 is 0 Å². The van der Waals surface area contributed by atoms with Crippen molar-refractivity contribution in [1.29, 1.82) is 0 Å². The van der Waals surface area contributed by atoms with Crippen molar-refractivity contribution in [2.75, 3.05) is 13.7 Å². The maximum atomic E-state index is 13.8. The van der Waals surface area contributed by atoms with E-state index in [0.29, 0.717) is 11.8 Å². The zero-order chi connectivity index (χ0) is 34.3. The largest absolute Gasteiger partial charge is 0.469 e. The fraction of sp³-hybridized carbons (Fsp3) is 0.854. The first-order chi connectivity index (χ1) is 21.8. The number of hydrogen-bond acceptors (Lipinski definition) is 6. The van der Waals surface area contributed by atoms with Gasteiger partial charge < -0.3 is 18.9 Å². The van der Waals surface area contributed by atoms with Crippen LogP contribution in [0, 0.1) is 33.5 Å². The lowest BCUT2D eigenvalue weighted by Gasteiger charge is -2.61. The van der Waals surface area contributed by atoms with Gasteiger partial charge in [-0.2, -0.15) is 0 Å². The molecule has 4 fully saturated rings. The van der Waals surface area contributed by atoms with Gasteiger partial charge in [-0.15, -0.1) is 0 Å². The van der Waals surface area contributed by atoms with Crippen LogP contribution in [0.25, 0.3) is 0 Å². The highest BCUT2D eigenvalue weighted by molar-refractivity contribution is 5.71. The summed E-state index contributed by atoms with van der Waals surface area (Å²) in [5, 5.41) is 0. The standard InChI is InChI=1S/C41H64O6/c1-28-13-15-30-34(2,3)17-11-19-38(30,8)40(28)23-21-37(7,46-40)26-33(43)45-27-29-14-16-31-35(4,5)18-12-20-39(31,9)41(29)24-22-36(6,47-41)25-32(42)44-10/h13-14,30-31H,11-12,15-27H2,1-10H3. The van der Waals surface area contributed by atoms with Gasteiger partial charge in [0.2, 0.25) is 0 Å². The summed E-state index contributed by atoms with van der Waals surface area (Å²) in [6, 6.07) is 0. The first-order valence-corrected chi connectivity index (χ1v) is 18.8.